The maximum absolute atomic E-state index is 12.3. The van der Waals surface area contributed by atoms with Crippen LogP contribution < -0.4 is 0 Å². The summed E-state index contributed by atoms with van der Waals surface area (Å²) in [5.74, 6) is 1.34. The van der Waals surface area contributed by atoms with E-state index >= 15 is 0 Å². The van der Waals surface area contributed by atoms with Crippen LogP contribution in [-0.2, 0) is 32.6 Å². The van der Waals surface area contributed by atoms with Gasteiger partial charge in [-0.2, -0.15) is 0 Å². The molecule has 4 heterocycles. The lowest BCUT2D eigenvalue weighted by atomic mass is 10.2. The fourth-order valence-electron chi connectivity index (χ4n) is 2.32. The van der Waals surface area contributed by atoms with Crippen LogP contribution in [0.2, 0.25) is 0 Å². The normalized spacial score (nSPS) is 35.3. The summed E-state index contributed by atoms with van der Waals surface area (Å²) in [5.41, 5.74) is 0. The van der Waals surface area contributed by atoms with Crippen molar-refractivity contribution in [1.82, 2.24) is 0 Å². The quantitative estimate of drug-likeness (QED) is 0.301. The Bertz CT molecular complexity index is 485. The molecule has 0 amide bonds. The molecule has 0 aromatic heterocycles. The van der Waals surface area contributed by atoms with E-state index < -0.39 is 8.25 Å². The third-order valence-electron chi connectivity index (χ3n) is 4.11. The van der Waals surface area contributed by atoms with Gasteiger partial charge in [0, 0.05) is 12.8 Å². The maximum atomic E-state index is 12.3. The van der Waals surface area contributed by atoms with Gasteiger partial charge < -0.3 is 28.0 Å². The predicted molar refractivity (Wildman–Crippen MR) is 84.8 cm³/mol. The highest BCUT2D eigenvalue weighted by Gasteiger charge is 2.29. The Hall–Kier alpha value is -0.850. The molecule has 0 N–H and O–H groups in total. The summed E-state index contributed by atoms with van der Waals surface area (Å²) in [6.07, 6.45) is 7.58. The second kappa shape index (κ2) is 7.58. The van der Waals surface area contributed by atoms with Crippen LogP contribution >= 0.6 is 8.25 Å². The summed E-state index contributed by atoms with van der Waals surface area (Å²) in [6, 6.07) is 0. The molecule has 4 saturated heterocycles. The van der Waals surface area contributed by atoms with Gasteiger partial charge in [0.2, 0.25) is 0 Å². The minimum Gasteiger partial charge on any atom is -0.423 e. The zero-order valence-electron chi connectivity index (χ0n) is 13.5. The van der Waals surface area contributed by atoms with Crippen LogP contribution in [0.25, 0.3) is 0 Å². The van der Waals surface area contributed by atoms with Gasteiger partial charge in [-0.3, -0.25) is 0 Å². The molecule has 4 aliphatic heterocycles. The van der Waals surface area contributed by atoms with E-state index in [1.165, 1.54) is 0 Å². The molecule has 8 heteroatoms. The summed E-state index contributed by atoms with van der Waals surface area (Å²) < 4.78 is 44.3. The lowest BCUT2D eigenvalue weighted by molar-refractivity contribution is 0.282. The van der Waals surface area contributed by atoms with E-state index in [-0.39, 0.29) is 24.4 Å². The first-order valence-corrected chi connectivity index (χ1v) is 9.71. The standard InChI is InChI=1S/C16H23O7P/c17-24(22-11(5-15-9-20-15)1-3-13-7-18-13)23-12(6-16-10-21-16)2-4-14-8-19-14/h1-2,13-16,24H,3-10H2. The van der Waals surface area contributed by atoms with Crippen molar-refractivity contribution in [3.63, 3.8) is 0 Å². The number of ether oxygens (including phenoxy) is 4. The number of hydrogen-bond donors (Lipinski definition) is 0. The van der Waals surface area contributed by atoms with Gasteiger partial charge in [-0.05, 0) is 25.0 Å². The van der Waals surface area contributed by atoms with Gasteiger partial charge in [-0.25, -0.2) is 4.57 Å². The fourth-order valence-corrected chi connectivity index (χ4v) is 3.13. The minimum atomic E-state index is -2.65. The molecule has 134 valence electrons. The van der Waals surface area contributed by atoms with Gasteiger partial charge in [0.15, 0.2) is 0 Å². The molecular formula is C16H23O7P. The highest BCUT2D eigenvalue weighted by molar-refractivity contribution is 7.33. The van der Waals surface area contributed by atoms with Crippen molar-refractivity contribution in [3.8, 4) is 0 Å². The van der Waals surface area contributed by atoms with Crippen LogP contribution in [0.1, 0.15) is 25.7 Å². The Morgan fingerprint density at radius 3 is 1.50 bits per heavy atom. The minimum absolute atomic E-state index is 0.174. The van der Waals surface area contributed by atoms with Crippen molar-refractivity contribution in [1.29, 1.82) is 0 Å². The van der Waals surface area contributed by atoms with E-state index in [1.54, 1.807) is 0 Å². The zero-order chi connectivity index (χ0) is 16.4. The van der Waals surface area contributed by atoms with Gasteiger partial charge in [0.05, 0.1) is 50.8 Å². The van der Waals surface area contributed by atoms with Crippen LogP contribution in [0.5, 0.6) is 0 Å². The van der Waals surface area contributed by atoms with Crippen LogP contribution in [0.15, 0.2) is 23.7 Å². The average Bonchev–Trinajstić information content (AvgIpc) is 3.40. The molecule has 4 atom stereocenters. The summed E-state index contributed by atoms with van der Waals surface area (Å²) >= 11 is 0. The van der Waals surface area contributed by atoms with Crippen molar-refractivity contribution in [2.75, 3.05) is 26.4 Å². The van der Waals surface area contributed by atoms with Gasteiger partial charge in [-0.15, -0.1) is 0 Å². The van der Waals surface area contributed by atoms with Gasteiger partial charge >= 0.3 is 8.25 Å². The topological polar surface area (TPSA) is 85.7 Å². The molecule has 0 aromatic rings. The molecule has 4 rings (SSSR count). The number of hydrogen-bond acceptors (Lipinski definition) is 7. The molecular weight excluding hydrogens is 335 g/mol. The Morgan fingerprint density at radius 1 is 0.792 bits per heavy atom. The summed E-state index contributed by atoms with van der Waals surface area (Å²) in [5, 5.41) is 0. The summed E-state index contributed by atoms with van der Waals surface area (Å²) in [4.78, 5) is 0. The van der Waals surface area contributed by atoms with E-state index in [0.717, 1.165) is 39.3 Å². The Balaban J connectivity index is 1.29. The van der Waals surface area contributed by atoms with E-state index in [9.17, 15) is 4.57 Å². The van der Waals surface area contributed by atoms with Crippen molar-refractivity contribution in [3.05, 3.63) is 23.7 Å². The zero-order valence-corrected chi connectivity index (χ0v) is 14.5. The van der Waals surface area contributed by atoms with Crippen LogP contribution in [0, 0.1) is 0 Å². The van der Waals surface area contributed by atoms with Crippen molar-refractivity contribution >= 4 is 8.25 Å². The molecule has 4 unspecified atom stereocenters. The maximum Gasteiger partial charge on any atom is 0.418 e. The first kappa shape index (κ1) is 16.6. The SMILES string of the molecule is O=[PH](OC(=CCC1CO1)CC1CO1)OC(=CCC1CO1)CC1CO1. The van der Waals surface area contributed by atoms with Gasteiger partial charge in [-0.1, -0.05) is 0 Å². The van der Waals surface area contributed by atoms with Crippen LogP contribution in [-0.4, -0.2) is 50.8 Å². The van der Waals surface area contributed by atoms with E-state index in [2.05, 4.69) is 0 Å². The molecule has 0 aliphatic carbocycles. The molecule has 4 fully saturated rings. The second-order valence-corrected chi connectivity index (χ2v) is 7.40. The van der Waals surface area contributed by atoms with Crippen LogP contribution in [0.3, 0.4) is 0 Å². The smallest absolute Gasteiger partial charge is 0.418 e. The van der Waals surface area contributed by atoms with Crippen molar-refractivity contribution in [2.24, 2.45) is 0 Å². The van der Waals surface area contributed by atoms with Crippen molar-refractivity contribution in [2.45, 2.75) is 50.1 Å². The van der Waals surface area contributed by atoms with E-state index in [1.807, 2.05) is 12.2 Å². The Labute approximate surface area is 141 Å². The largest absolute Gasteiger partial charge is 0.423 e. The monoisotopic (exact) mass is 358 g/mol. The molecule has 0 bridgehead atoms. The molecule has 24 heavy (non-hydrogen) atoms. The third-order valence-corrected chi connectivity index (χ3v) is 4.97. The number of rotatable bonds is 12. The summed E-state index contributed by atoms with van der Waals surface area (Å²) in [7, 11) is -2.65. The van der Waals surface area contributed by atoms with E-state index in [0.29, 0.717) is 24.4 Å². The molecule has 0 radical (unpaired) electrons. The second-order valence-electron chi connectivity index (χ2n) is 6.50. The highest BCUT2D eigenvalue weighted by atomic mass is 31.1. The third kappa shape index (κ3) is 6.22. The molecule has 0 aromatic carbocycles. The first-order valence-electron chi connectivity index (χ1n) is 8.49. The molecule has 0 saturated carbocycles. The average molecular weight is 358 g/mol. The lowest BCUT2D eigenvalue weighted by Crippen LogP contribution is -1.97. The first-order chi connectivity index (χ1) is 11.7. The highest BCUT2D eigenvalue weighted by Crippen LogP contribution is 2.37. The predicted octanol–water partition coefficient (Wildman–Crippen LogP) is 2.33. The van der Waals surface area contributed by atoms with E-state index in [4.69, 9.17) is 28.0 Å². The fraction of sp³-hybridized carbons (Fsp3) is 0.750. The van der Waals surface area contributed by atoms with Crippen molar-refractivity contribution < 1.29 is 32.6 Å². The van der Waals surface area contributed by atoms with Gasteiger partial charge in [0.25, 0.3) is 0 Å². The molecule has 0 spiro atoms. The Morgan fingerprint density at radius 2 is 1.17 bits per heavy atom. The van der Waals surface area contributed by atoms with Gasteiger partial charge in [0.1, 0.15) is 11.5 Å². The lowest BCUT2D eigenvalue weighted by Gasteiger charge is -2.12. The Kier molecular flexibility index (Phi) is 5.25. The van der Waals surface area contributed by atoms with Crippen LogP contribution in [0.4, 0.5) is 0 Å². The molecule has 4 aliphatic rings. The molecule has 7 nitrogen and oxygen atoms in total. The number of epoxide rings is 4. The summed E-state index contributed by atoms with van der Waals surface area (Å²) in [6.45, 7) is 3.03.